The fraction of sp³-hybridized carbons (Fsp3) is 0.200. The Bertz CT molecular complexity index is 691. The minimum absolute atomic E-state index is 0.0896. The van der Waals surface area contributed by atoms with E-state index in [1.165, 1.54) is 12.1 Å². The smallest absolute Gasteiger partial charge is 0.409 e. The van der Waals surface area contributed by atoms with Crippen molar-refractivity contribution < 1.29 is 15.2 Å². The normalized spacial score (nSPS) is 11.8. The van der Waals surface area contributed by atoms with E-state index in [1.54, 1.807) is 12.1 Å². The largest absolute Gasteiger partial charge is 0.438 e. The van der Waals surface area contributed by atoms with Crippen LogP contribution in [0.3, 0.4) is 0 Å². The van der Waals surface area contributed by atoms with Gasteiger partial charge in [0, 0.05) is 5.02 Å². The van der Waals surface area contributed by atoms with Crippen molar-refractivity contribution in [3.05, 3.63) is 44.9 Å². The van der Waals surface area contributed by atoms with Crippen molar-refractivity contribution >= 4 is 17.4 Å². The summed E-state index contributed by atoms with van der Waals surface area (Å²) in [4.78, 5) is 15.2. The van der Waals surface area contributed by atoms with Crippen LogP contribution in [0, 0.1) is 10.1 Å². The van der Waals surface area contributed by atoms with Crippen molar-refractivity contribution in [2.45, 2.75) is 0 Å². The van der Waals surface area contributed by atoms with E-state index in [0.29, 0.717) is 15.6 Å². The first-order chi connectivity index (χ1) is 9.54. The summed E-state index contributed by atoms with van der Waals surface area (Å²) in [6.07, 6.45) is 0. The molecule has 0 aliphatic heterocycles. The number of halogens is 1. The van der Waals surface area contributed by atoms with E-state index in [-0.39, 0.29) is 18.6 Å². The molecular formula is C10H10ClN5O4. The number of aliphatic hydroxyl groups is 1. The zero-order valence-electron chi connectivity index (χ0n) is 10.0. The molecule has 1 aromatic heterocycles. The van der Waals surface area contributed by atoms with E-state index < -0.39 is 10.7 Å². The van der Waals surface area contributed by atoms with Crippen LogP contribution in [0.4, 0.5) is 5.82 Å². The summed E-state index contributed by atoms with van der Waals surface area (Å²) < 4.78 is 0. The predicted molar refractivity (Wildman–Crippen MR) is 67.9 cm³/mol. The molecule has 1 heterocycles. The standard InChI is InChI=1S/C10H10ClN5O4/c11-7-1-3-8(4-2-7)14-13-10(16(19)20)9(15(14)18)12-5-6-17/h1-4,17-18H,5-6H2. The van der Waals surface area contributed by atoms with Gasteiger partial charge in [0.05, 0.1) is 18.3 Å². The van der Waals surface area contributed by atoms with E-state index in [2.05, 4.69) is 10.1 Å². The van der Waals surface area contributed by atoms with E-state index in [1.807, 2.05) is 0 Å². The van der Waals surface area contributed by atoms with Gasteiger partial charge in [0.15, 0.2) is 0 Å². The van der Waals surface area contributed by atoms with Gasteiger partial charge in [-0.15, -0.1) is 0 Å². The summed E-state index contributed by atoms with van der Waals surface area (Å²) in [5, 5.41) is 33.7. The molecule has 106 valence electrons. The number of aliphatic hydroxyl groups excluding tert-OH is 1. The van der Waals surface area contributed by atoms with E-state index in [0.717, 1.165) is 4.80 Å². The summed E-state index contributed by atoms with van der Waals surface area (Å²) in [6.45, 7) is -0.392. The first-order valence-corrected chi connectivity index (χ1v) is 5.85. The monoisotopic (exact) mass is 299 g/mol. The molecule has 0 unspecified atom stereocenters. The van der Waals surface area contributed by atoms with E-state index in [9.17, 15) is 15.3 Å². The van der Waals surface area contributed by atoms with Crippen LogP contribution >= 0.6 is 11.6 Å². The molecule has 10 heteroatoms. The predicted octanol–water partition coefficient (Wildman–Crippen LogP) is 0.366. The van der Waals surface area contributed by atoms with E-state index in [4.69, 9.17) is 16.7 Å². The second kappa shape index (κ2) is 5.72. The Morgan fingerprint density at radius 2 is 2.05 bits per heavy atom. The Balaban J connectivity index is 2.61. The van der Waals surface area contributed by atoms with Gasteiger partial charge in [-0.05, 0) is 34.0 Å². The summed E-state index contributed by atoms with van der Waals surface area (Å²) >= 11 is 5.74. The maximum absolute atomic E-state index is 10.9. The lowest BCUT2D eigenvalue weighted by Gasteiger charge is -1.99. The van der Waals surface area contributed by atoms with Crippen molar-refractivity contribution in [2.24, 2.45) is 4.99 Å². The van der Waals surface area contributed by atoms with Crippen LogP contribution in [-0.2, 0) is 0 Å². The summed E-state index contributed by atoms with van der Waals surface area (Å²) in [5.74, 6) is -0.615. The molecule has 0 fully saturated rings. The van der Waals surface area contributed by atoms with Crippen molar-refractivity contribution in [3.8, 4) is 5.69 Å². The second-order valence-electron chi connectivity index (χ2n) is 3.66. The van der Waals surface area contributed by atoms with Gasteiger partial charge in [-0.25, -0.2) is 0 Å². The van der Waals surface area contributed by atoms with Gasteiger partial charge >= 0.3 is 5.82 Å². The number of benzene rings is 1. The molecule has 9 nitrogen and oxygen atoms in total. The molecule has 2 N–H and O–H groups in total. The summed E-state index contributed by atoms with van der Waals surface area (Å²) in [6, 6.07) is 6.16. The third-order valence-electron chi connectivity index (χ3n) is 2.35. The number of nitro groups is 1. The summed E-state index contributed by atoms with van der Waals surface area (Å²) in [5.41, 5.74) is 0.0180. The maximum atomic E-state index is 10.9. The minimum atomic E-state index is -0.769. The first-order valence-electron chi connectivity index (χ1n) is 5.48. The topological polar surface area (TPSA) is 119 Å². The Morgan fingerprint density at radius 3 is 2.60 bits per heavy atom. The zero-order chi connectivity index (χ0) is 14.7. The molecular weight excluding hydrogens is 290 g/mol. The maximum Gasteiger partial charge on any atom is 0.438 e. The molecule has 0 aliphatic carbocycles. The second-order valence-corrected chi connectivity index (χ2v) is 4.10. The average Bonchev–Trinajstić information content (AvgIpc) is 2.75. The molecule has 2 rings (SSSR count). The fourth-order valence-electron chi connectivity index (χ4n) is 1.51. The van der Waals surface area contributed by atoms with Gasteiger partial charge in [-0.3, -0.25) is 4.99 Å². The highest BCUT2D eigenvalue weighted by molar-refractivity contribution is 6.30. The molecule has 0 bridgehead atoms. The quantitative estimate of drug-likeness (QED) is 0.480. The van der Waals surface area contributed by atoms with Crippen LogP contribution < -0.4 is 5.49 Å². The number of hydrogen-bond donors (Lipinski definition) is 2. The molecule has 0 aliphatic rings. The van der Waals surface area contributed by atoms with Crippen molar-refractivity contribution in [1.29, 1.82) is 0 Å². The molecule has 0 saturated carbocycles. The average molecular weight is 300 g/mol. The highest BCUT2D eigenvalue weighted by Crippen LogP contribution is 2.13. The van der Waals surface area contributed by atoms with Gasteiger partial charge < -0.3 is 20.4 Å². The molecule has 2 aromatic rings. The lowest BCUT2D eigenvalue weighted by Crippen LogP contribution is -2.23. The highest BCUT2D eigenvalue weighted by atomic mass is 35.5. The van der Waals surface area contributed by atoms with Gasteiger partial charge in [0.1, 0.15) is 5.69 Å². The third-order valence-corrected chi connectivity index (χ3v) is 2.60. The van der Waals surface area contributed by atoms with Gasteiger partial charge in [-0.1, -0.05) is 16.4 Å². The number of rotatable bonds is 4. The molecule has 20 heavy (non-hydrogen) atoms. The van der Waals surface area contributed by atoms with Gasteiger partial charge in [0.2, 0.25) is 0 Å². The number of hydrogen-bond acceptors (Lipinski definition) is 6. The Hall–Kier alpha value is -2.39. The van der Waals surface area contributed by atoms with Crippen LogP contribution in [0.2, 0.25) is 5.02 Å². The Kier molecular flexibility index (Phi) is 4.01. The van der Waals surface area contributed by atoms with Crippen LogP contribution in [-0.4, -0.2) is 43.1 Å². The number of aromatic nitrogens is 3. The summed E-state index contributed by atoms with van der Waals surface area (Å²) in [7, 11) is 0. The Morgan fingerprint density at radius 1 is 1.40 bits per heavy atom. The third kappa shape index (κ3) is 2.63. The molecule has 0 radical (unpaired) electrons. The van der Waals surface area contributed by atoms with Gasteiger partial charge in [-0.2, -0.15) is 0 Å². The SMILES string of the molecule is O=[N+]([O-])c1nn(-c2ccc(Cl)cc2)n(O)c1=NCCO. The van der Waals surface area contributed by atoms with Crippen LogP contribution in [0.15, 0.2) is 29.3 Å². The molecule has 1 aromatic carbocycles. The van der Waals surface area contributed by atoms with Crippen molar-refractivity contribution in [1.82, 2.24) is 14.7 Å². The zero-order valence-corrected chi connectivity index (χ0v) is 10.8. The number of nitrogens with zero attached hydrogens (tertiary/aromatic N) is 5. The lowest BCUT2D eigenvalue weighted by atomic mass is 10.3. The molecule has 0 atom stereocenters. The lowest BCUT2D eigenvalue weighted by molar-refractivity contribution is -0.391. The first kappa shape index (κ1) is 14.0. The van der Waals surface area contributed by atoms with Crippen molar-refractivity contribution in [2.75, 3.05) is 13.2 Å². The van der Waals surface area contributed by atoms with E-state index >= 15 is 0 Å². The highest BCUT2D eigenvalue weighted by Gasteiger charge is 2.23. The van der Waals surface area contributed by atoms with Crippen LogP contribution in [0.1, 0.15) is 0 Å². The molecule has 0 spiro atoms. The van der Waals surface area contributed by atoms with Crippen LogP contribution in [0.5, 0.6) is 0 Å². The van der Waals surface area contributed by atoms with Crippen molar-refractivity contribution in [3.63, 3.8) is 0 Å². The van der Waals surface area contributed by atoms with Crippen LogP contribution in [0.25, 0.3) is 5.69 Å². The molecule has 0 amide bonds. The molecule has 0 saturated heterocycles. The fourth-order valence-corrected chi connectivity index (χ4v) is 1.63. The Labute approximate surface area is 117 Å². The minimum Gasteiger partial charge on any atom is -0.409 e. The van der Waals surface area contributed by atoms with Gasteiger partial charge in [0.25, 0.3) is 5.49 Å².